The van der Waals surface area contributed by atoms with E-state index in [1.54, 1.807) is 18.7 Å². The summed E-state index contributed by atoms with van der Waals surface area (Å²) in [7, 11) is 3.27. The van der Waals surface area contributed by atoms with Gasteiger partial charge in [0, 0.05) is 11.1 Å². The predicted octanol–water partition coefficient (Wildman–Crippen LogP) is 3.27. The van der Waals surface area contributed by atoms with E-state index in [4.69, 9.17) is 14.2 Å². The average molecular weight is 377 g/mol. The fourth-order valence-electron chi connectivity index (χ4n) is 2.97. The predicted molar refractivity (Wildman–Crippen MR) is 104 cm³/mol. The minimum absolute atomic E-state index is 0.185. The molecule has 0 saturated heterocycles. The molecule has 8 heteroatoms. The Morgan fingerprint density at radius 2 is 1.71 bits per heavy atom. The zero-order valence-corrected chi connectivity index (χ0v) is 15.8. The van der Waals surface area contributed by atoms with Crippen molar-refractivity contribution in [1.82, 2.24) is 24.8 Å². The van der Waals surface area contributed by atoms with Gasteiger partial charge in [-0.15, -0.1) is 10.2 Å². The van der Waals surface area contributed by atoms with Crippen LogP contribution in [0.15, 0.2) is 48.5 Å². The van der Waals surface area contributed by atoms with E-state index < -0.39 is 0 Å². The van der Waals surface area contributed by atoms with Crippen molar-refractivity contribution in [1.29, 1.82) is 0 Å². The lowest BCUT2D eigenvalue weighted by Crippen LogP contribution is -2.05. The van der Waals surface area contributed by atoms with Crippen molar-refractivity contribution in [3.05, 3.63) is 48.5 Å². The van der Waals surface area contributed by atoms with Gasteiger partial charge in [-0.2, -0.15) is 4.52 Å². The monoisotopic (exact) mass is 377 g/mol. The van der Waals surface area contributed by atoms with Crippen LogP contribution in [0.4, 0.5) is 0 Å². The minimum atomic E-state index is 0.185. The first-order valence-electron chi connectivity index (χ1n) is 8.79. The number of hydrogen-bond donors (Lipinski definition) is 0. The molecule has 0 aliphatic heterocycles. The maximum absolute atomic E-state index is 5.57. The van der Waals surface area contributed by atoms with Crippen molar-refractivity contribution in [2.75, 3.05) is 20.8 Å². The first-order chi connectivity index (χ1) is 13.7. The van der Waals surface area contributed by atoms with Gasteiger partial charge < -0.3 is 14.2 Å². The topological polar surface area (TPSA) is 83.7 Å². The molecule has 0 N–H and O–H groups in total. The van der Waals surface area contributed by atoms with Crippen LogP contribution < -0.4 is 14.2 Å². The van der Waals surface area contributed by atoms with E-state index in [-0.39, 0.29) is 6.01 Å². The highest BCUT2D eigenvalue weighted by molar-refractivity contribution is 5.83. The van der Waals surface area contributed by atoms with Gasteiger partial charge in [0.25, 0.3) is 5.78 Å². The van der Waals surface area contributed by atoms with Crippen molar-refractivity contribution in [2.24, 2.45) is 0 Å². The number of aromatic nitrogens is 5. The number of fused-ring (bicyclic) bond motifs is 1. The van der Waals surface area contributed by atoms with E-state index in [9.17, 15) is 0 Å². The van der Waals surface area contributed by atoms with Gasteiger partial charge in [0.1, 0.15) is 22.9 Å². The molecule has 142 valence electrons. The molecule has 2 aromatic carbocycles. The second-order valence-electron chi connectivity index (χ2n) is 5.87. The molecule has 0 aliphatic rings. The highest BCUT2D eigenvalue weighted by Crippen LogP contribution is 2.37. The van der Waals surface area contributed by atoms with Crippen molar-refractivity contribution in [3.8, 4) is 40.0 Å². The van der Waals surface area contributed by atoms with Gasteiger partial charge in [-0.1, -0.05) is 17.2 Å². The highest BCUT2D eigenvalue weighted by Gasteiger charge is 2.21. The Labute approximate surface area is 161 Å². The van der Waals surface area contributed by atoms with E-state index in [1.165, 1.54) is 0 Å². The van der Waals surface area contributed by atoms with Crippen molar-refractivity contribution >= 4 is 5.78 Å². The molecule has 2 aromatic heterocycles. The molecule has 0 saturated carbocycles. The maximum atomic E-state index is 5.57. The number of methoxy groups -OCH3 is 2. The fraction of sp³-hybridized carbons (Fsp3) is 0.200. The van der Waals surface area contributed by atoms with E-state index >= 15 is 0 Å². The van der Waals surface area contributed by atoms with Crippen LogP contribution >= 0.6 is 0 Å². The molecule has 2 heterocycles. The van der Waals surface area contributed by atoms with Gasteiger partial charge in [0.15, 0.2) is 0 Å². The lowest BCUT2D eigenvalue weighted by atomic mass is 10.0. The van der Waals surface area contributed by atoms with Crippen molar-refractivity contribution in [2.45, 2.75) is 6.92 Å². The molecule has 4 aromatic rings. The van der Waals surface area contributed by atoms with E-state index in [1.807, 2.05) is 55.5 Å². The van der Waals surface area contributed by atoms with Gasteiger partial charge in [-0.3, -0.25) is 0 Å². The summed E-state index contributed by atoms with van der Waals surface area (Å²) >= 11 is 0. The molecule has 0 spiro atoms. The van der Waals surface area contributed by atoms with Crippen LogP contribution in [0, 0.1) is 0 Å². The molecule has 0 amide bonds. The molecule has 0 atom stereocenters. The Morgan fingerprint density at radius 3 is 2.43 bits per heavy atom. The normalized spacial score (nSPS) is 10.8. The van der Waals surface area contributed by atoms with Crippen LogP contribution in [-0.4, -0.2) is 45.6 Å². The lowest BCUT2D eigenvalue weighted by Gasteiger charge is -2.10. The zero-order valence-electron chi connectivity index (χ0n) is 15.8. The summed E-state index contributed by atoms with van der Waals surface area (Å²) in [6.45, 7) is 2.31. The Hall–Kier alpha value is -3.68. The number of ether oxygens (including phenoxy) is 3. The quantitative estimate of drug-likeness (QED) is 0.510. The van der Waals surface area contributed by atoms with Crippen LogP contribution in [0.1, 0.15) is 6.92 Å². The second-order valence-corrected chi connectivity index (χ2v) is 5.87. The number of nitrogens with zero attached hydrogens (tertiary/aromatic N) is 5. The lowest BCUT2D eigenvalue weighted by molar-refractivity contribution is 0.301. The molecule has 4 rings (SSSR count). The third kappa shape index (κ3) is 3.09. The fourth-order valence-corrected chi connectivity index (χ4v) is 2.97. The SMILES string of the molecule is CCOc1nnc2nc(-c3ccc(OC)cc3)c(-c3ccccc3OC)n2n1. The third-order valence-electron chi connectivity index (χ3n) is 4.25. The first kappa shape index (κ1) is 17.7. The number of para-hydroxylation sites is 1. The van der Waals surface area contributed by atoms with Crippen LogP contribution in [0.2, 0.25) is 0 Å². The summed E-state index contributed by atoms with van der Waals surface area (Å²) in [6, 6.07) is 15.5. The molecule has 28 heavy (non-hydrogen) atoms. The van der Waals surface area contributed by atoms with Crippen LogP contribution in [0.25, 0.3) is 28.3 Å². The summed E-state index contributed by atoms with van der Waals surface area (Å²) in [4.78, 5) is 4.67. The number of imidazole rings is 1. The third-order valence-corrected chi connectivity index (χ3v) is 4.25. The molecule has 0 bridgehead atoms. The largest absolute Gasteiger partial charge is 0.497 e. The summed E-state index contributed by atoms with van der Waals surface area (Å²) in [6.07, 6.45) is 0. The van der Waals surface area contributed by atoms with Crippen LogP contribution in [-0.2, 0) is 0 Å². The Bertz CT molecular complexity index is 1110. The van der Waals surface area contributed by atoms with Gasteiger partial charge in [0.05, 0.1) is 20.8 Å². The molecule has 0 fully saturated rings. The van der Waals surface area contributed by atoms with Gasteiger partial charge in [0.2, 0.25) is 0 Å². The number of rotatable bonds is 6. The molecule has 0 aliphatic carbocycles. The average Bonchev–Trinajstić information content (AvgIpc) is 3.12. The summed E-state index contributed by atoms with van der Waals surface area (Å²) < 4.78 is 17.9. The van der Waals surface area contributed by atoms with Crippen molar-refractivity contribution in [3.63, 3.8) is 0 Å². The summed E-state index contributed by atoms with van der Waals surface area (Å²) in [5.41, 5.74) is 3.19. The Balaban J connectivity index is 2.00. The van der Waals surface area contributed by atoms with Crippen LogP contribution in [0.5, 0.6) is 17.5 Å². The number of benzene rings is 2. The van der Waals surface area contributed by atoms with E-state index in [0.29, 0.717) is 23.8 Å². The first-order valence-corrected chi connectivity index (χ1v) is 8.79. The standard InChI is InChI=1S/C20H19N5O3/c1-4-28-20-23-22-19-21-17(13-9-11-14(26-2)12-10-13)18(25(19)24-20)15-7-5-6-8-16(15)27-3/h5-12H,4H2,1-3H3. The molecule has 8 nitrogen and oxygen atoms in total. The molecular weight excluding hydrogens is 358 g/mol. The van der Waals surface area contributed by atoms with Crippen LogP contribution in [0.3, 0.4) is 0 Å². The molecule has 0 radical (unpaired) electrons. The van der Waals surface area contributed by atoms with Gasteiger partial charge in [-0.05, 0) is 43.3 Å². The Kier molecular flexibility index (Phi) is 4.76. The molecule has 0 unspecified atom stereocenters. The minimum Gasteiger partial charge on any atom is -0.497 e. The number of hydrogen-bond acceptors (Lipinski definition) is 7. The van der Waals surface area contributed by atoms with E-state index in [2.05, 4.69) is 20.3 Å². The van der Waals surface area contributed by atoms with Gasteiger partial charge >= 0.3 is 6.01 Å². The highest BCUT2D eigenvalue weighted by atomic mass is 16.5. The van der Waals surface area contributed by atoms with E-state index in [0.717, 1.165) is 22.6 Å². The zero-order chi connectivity index (χ0) is 19.5. The summed E-state index contributed by atoms with van der Waals surface area (Å²) in [5.74, 6) is 1.84. The maximum Gasteiger partial charge on any atom is 0.353 e. The smallest absolute Gasteiger partial charge is 0.353 e. The Morgan fingerprint density at radius 1 is 0.929 bits per heavy atom. The van der Waals surface area contributed by atoms with Crippen molar-refractivity contribution < 1.29 is 14.2 Å². The second kappa shape index (κ2) is 7.51. The van der Waals surface area contributed by atoms with Gasteiger partial charge in [-0.25, -0.2) is 4.98 Å². The summed E-state index contributed by atoms with van der Waals surface area (Å²) in [5, 5.41) is 12.6. The molecular formula is C20H19N5O3.